The molecule has 1 N–H and O–H groups in total. The average Bonchev–Trinajstić information content (AvgIpc) is 2.03. The van der Waals surface area contributed by atoms with Gasteiger partial charge in [-0.3, -0.25) is 4.79 Å². The Morgan fingerprint density at radius 1 is 1.73 bits per heavy atom. The fraction of sp³-hybridized carbons (Fsp3) is 0.667. The Morgan fingerprint density at radius 2 is 2.36 bits per heavy atom. The lowest BCUT2D eigenvalue weighted by Gasteiger charge is -2.06. The first-order chi connectivity index (χ1) is 5.22. The molecule has 64 valence electrons. The predicted molar refractivity (Wildman–Crippen MR) is 47.3 cm³/mol. The zero-order valence-corrected chi connectivity index (χ0v) is 7.39. The molecule has 11 heavy (non-hydrogen) atoms. The summed E-state index contributed by atoms with van der Waals surface area (Å²) in [5.74, 6) is 0.0142. The van der Waals surface area contributed by atoms with Crippen molar-refractivity contribution in [2.24, 2.45) is 5.92 Å². The molecule has 0 radical (unpaired) electrons. The van der Waals surface area contributed by atoms with Crippen LogP contribution < -0.4 is 5.32 Å². The third kappa shape index (κ3) is 4.59. The summed E-state index contributed by atoms with van der Waals surface area (Å²) >= 11 is 0. The van der Waals surface area contributed by atoms with Gasteiger partial charge in [0, 0.05) is 6.54 Å². The largest absolute Gasteiger partial charge is 0.356 e. The van der Waals surface area contributed by atoms with Crippen LogP contribution in [0.1, 0.15) is 26.7 Å². The number of rotatable bonds is 5. The number of unbranched alkanes of at least 4 members (excludes halogenated alkanes) is 1. The van der Waals surface area contributed by atoms with Gasteiger partial charge in [0.25, 0.3) is 0 Å². The standard InChI is InChI=1S/C9H17NO/c1-4-6-7-10-9(11)8(3)5-2/h5,8H,2,4,6-7H2,1,3H3,(H,10,11). The van der Waals surface area contributed by atoms with Crippen LogP contribution in [0.15, 0.2) is 12.7 Å². The van der Waals surface area contributed by atoms with Crippen LogP contribution >= 0.6 is 0 Å². The van der Waals surface area contributed by atoms with E-state index in [2.05, 4.69) is 18.8 Å². The van der Waals surface area contributed by atoms with E-state index < -0.39 is 0 Å². The molecule has 0 aliphatic heterocycles. The number of carbonyl (C=O) groups excluding carboxylic acids is 1. The molecule has 0 saturated carbocycles. The van der Waals surface area contributed by atoms with Crippen LogP contribution in [0.3, 0.4) is 0 Å². The van der Waals surface area contributed by atoms with Crippen molar-refractivity contribution in [1.29, 1.82) is 0 Å². The smallest absolute Gasteiger partial charge is 0.226 e. The highest BCUT2D eigenvalue weighted by Gasteiger charge is 2.05. The fourth-order valence-corrected chi connectivity index (χ4v) is 0.656. The van der Waals surface area contributed by atoms with Crippen LogP contribution in [-0.2, 0) is 4.79 Å². The van der Waals surface area contributed by atoms with Crippen molar-refractivity contribution in [2.75, 3.05) is 6.54 Å². The molecule has 0 saturated heterocycles. The number of hydrogen-bond acceptors (Lipinski definition) is 1. The summed E-state index contributed by atoms with van der Waals surface area (Å²) in [5, 5.41) is 2.82. The average molecular weight is 155 g/mol. The summed E-state index contributed by atoms with van der Waals surface area (Å²) in [5.41, 5.74) is 0. The van der Waals surface area contributed by atoms with Crippen LogP contribution in [-0.4, -0.2) is 12.5 Å². The Morgan fingerprint density at radius 3 is 2.82 bits per heavy atom. The van der Waals surface area contributed by atoms with E-state index in [4.69, 9.17) is 0 Å². The molecule has 1 atom stereocenters. The van der Waals surface area contributed by atoms with Crippen molar-refractivity contribution in [1.82, 2.24) is 5.32 Å². The van der Waals surface area contributed by atoms with Crippen LogP contribution in [0.5, 0.6) is 0 Å². The summed E-state index contributed by atoms with van der Waals surface area (Å²) in [6.45, 7) is 8.28. The van der Waals surface area contributed by atoms with Gasteiger partial charge in [-0.05, 0) is 6.42 Å². The second-order valence-electron chi connectivity index (χ2n) is 2.67. The maximum Gasteiger partial charge on any atom is 0.226 e. The Balaban J connectivity index is 3.44. The van der Waals surface area contributed by atoms with Gasteiger partial charge in [0.05, 0.1) is 5.92 Å². The van der Waals surface area contributed by atoms with Crippen molar-refractivity contribution < 1.29 is 4.79 Å². The normalized spacial score (nSPS) is 12.2. The molecule has 0 aromatic rings. The third-order valence-corrected chi connectivity index (χ3v) is 1.60. The van der Waals surface area contributed by atoms with E-state index in [1.54, 1.807) is 6.08 Å². The van der Waals surface area contributed by atoms with Gasteiger partial charge < -0.3 is 5.32 Å². The van der Waals surface area contributed by atoms with E-state index in [9.17, 15) is 4.79 Å². The van der Waals surface area contributed by atoms with Crippen molar-refractivity contribution in [3.63, 3.8) is 0 Å². The van der Waals surface area contributed by atoms with E-state index in [1.165, 1.54) is 0 Å². The van der Waals surface area contributed by atoms with Gasteiger partial charge in [-0.2, -0.15) is 0 Å². The minimum atomic E-state index is -0.0631. The first-order valence-electron chi connectivity index (χ1n) is 4.12. The molecule has 0 aromatic carbocycles. The lowest BCUT2D eigenvalue weighted by atomic mass is 10.1. The molecule has 0 aromatic heterocycles. The summed E-state index contributed by atoms with van der Waals surface area (Å²) in [4.78, 5) is 11.1. The van der Waals surface area contributed by atoms with Crippen LogP contribution in [0.2, 0.25) is 0 Å². The molecular weight excluding hydrogens is 138 g/mol. The van der Waals surface area contributed by atoms with Crippen LogP contribution in [0.25, 0.3) is 0 Å². The maximum atomic E-state index is 11.1. The van der Waals surface area contributed by atoms with Gasteiger partial charge in [-0.15, -0.1) is 6.58 Å². The minimum Gasteiger partial charge on any atom is -0.356 e. The maximum absolute atomic E-state index is 11.1. The highest BCUT2D eigenvalue weighted by atomic mass is 16.1. The Hall–Kier alpha value is -0.790. The van der Waals surface area contributed by atoms with E-state index >= 15 is 0 Å². The van der Waals surface area contributed by atoms with E-state index in [-0.39, 0.29) is 11.8 Å². The fourth-order valence-electron chi connectivity index (χ4n) is 0.656. The SMILES string of the molecule is C=CC(C)C(=O)NCCCC. The first-order valence-corrected chi connectivity index (χ1v) is 4.12. The summed E-state index contributed by atoms with van der Waals surface area (Å²) in [6.07, 6.45) is 3.82. The van der Waals surface area contributed by atoms with E-state index in [0.29, 0.717) is 0 Å². The minimum absolute atomic E-state index is 0.0631. The van der Waals surface area contributed by atoms with Gasteiger partial charge in [-0.25, -0.2) is 0 Å². The highest BCUT2D eigenvalue weighted by Crippen LogP contribution is 1.94. The molecule has 2 heteroatoms. The third-order valence-electron chi connectivity index (χ3n) is 1.60. The molecule has 1 amide bonds. The van der Waals surface area contributed by atoms with Gasteiger partial charge >= 0.3 is 0 Å². The molecule has 0 fully saturated rings. The quantitative estimate of drug-likeness (QED) is 0.475. The number of nitrogens with one attached hydrogen (secondary N) is 1. The zero-order valence-electron chi connectivity index (χ0n) is 7.39. The predicted octanol–water partition coefficient (Wildman–Crippen LogP) is 1.72. The summed E-state index contributed by atoms with van der Waals surface area (Å²) in [7, 11) is 0. The van der Waals surface area contributed by atoms with Gasteiger partial charge in [0.2, 0.25) is 5.91 Å². The number of hydrogen-bond donors (Lipinski definition) is 1. The second-order valence-corrected chi connectivity index (χ2v) is 2.67. The first kappa shape index (κ1) is 10.2. The van der Waals surface area contributed by atoms with Gasteiger partial charge in [0.1, 0.15) is 0 Å². The van der Waals surface area contributed by atoms with Crippen molar-refractivity contribution in [3.05, 3.63) is 12.7 Å². The molecule has 0 bridgehead atoms. The lowest BCUT2D eigenvalue weighted by Crippen LogP contribution is -2.28. The molecule has 1 unspecified atom stereocenters. The van der Waals surface area contributed by atoms with Crippen molar-refractivity contribution in [3.8, 4) is 0 Å². The Labute approximate surface area is 68.7 Å². The zero-order chi connectivity index (χ0) is 8.69. The van der Waals surface area contributed by atoms with Gasteiger partial charge in [0.15, 0.2) is 0 Å². The molecule has 0 rings (SSSR count). The van der Waals surface area contributed by atoms with Crippen molar-refractivity contribution >= 4 is 5.91 Å². The molecule has 0 aliphatic rings. The molecule has 0 spiro atoms. The van der Waals surface area contributed by atoms with Crippen LogP contribution in [0.4, 0.5) is 0 Å². The monoisotopic (exact) mass is 155 g/mol. The molecular formula is C9H17NO. The second kappa shape index (κ2) is 5.96. The summed E-state index contributed by atoms with van der Waals surface area (Å²) in [6, 6.07) is 0. The number of amides is 1. The van der Waals surface area contributed by atoms with E-state index in [0.717, 1.165) is 19.4 Å². The molecule has 2 nitrogen and oxygen atoms in total. The van der Waals surface area contributed by atoms with Crippen LogP contribution in [0, 0.1) is 5.92 Å². The highest BCUT2D eigenvalue weighted by molar-refractivity contribution is 5.79. The number of carbonyl (C=O) groups is 1. The lowest BCUT2D eigenvalue weighted by molar-refractivity contribution is -0.123. The molecule has 0 heterocycles. The van der Waals surface area contributed by atoms with E-state index in [1.807, 2.05) is 6.92 Å². The van der Waals surface area contributed by atoms with Crippen molar-refractivity contribution in [2.45, 2.75) is 26.7 Å². The van der Waals surface area contributed by atoms with Gasteiger partial charge in [-0.1, -0.05) is 26.3 Å². The Bertz CT molecular complexity index is 132. The Kier molecular flexibility index (Phi) is 5.53. The summed E-state index contributed by atoms with van der Waals surface area (Å²) < 4.78 is 0. The molecule has 0 aliphatic carbocycles. The topological polar surface area (TPSA) is 29.1 Å².